The summed E-state index contributed by atoms with van der Waals surface area (Å²) in [6, 6.07) is 6.58. The third kappa shape index (κ3) is 2.69. The fourth-order valence-corrected chi connectivity index (χ4v) is 2.70. The van der Waals surface area contributed by atoms with Crippen LogP contribution in [0.1, 0.15) is 10.4 Å². The fourth-order valence-electron chi connectivity index (χ4n) is 1.57. The topological polar surface area (TPSA) is 116 Å². The van der Waals surface area contributed by atoms with E-state index in [1.807, 2.05) is 0 Å². The summed E-state index contributed by atoms with van der Waals surface area (Å²) >= 11 is 0. The molecule has 1 heterocycles. The number of aromatic carboxylic acids is 1. The summed E-state index contributed by atoms with van der Waals surface area (Å²) in [6.45, 7) is 0. The van der Waals surface area contributed by atoms with E-state index in [1.165, 1.54) is 30.5 Å². The molecule has 3 N–H and O–H groups in total. The van der Waals surface area contributed by atoms with Crippen molar-refractivity contribution >= 4 is 21.7 Å². The average Bonchev–Trinajstić information content (AvgIpc) is 2.39. The van der Waals surface area contributed by atoms with E-state index >= 15 is 0 Å². The van der Waals surface area contributed by atoms with Gasteiger partial charge in [-0.3, -0.25) is 9.52 Å². The number of hydrogen-bond donors (Lipinski definition) is 3. The Morgan fingerprint density at radius 2 is 1.90 bits per heavy atom. The lowest BCUT2D eigenvalue weighted by atomic mass is 10.2. The molecule has 0 saturated carbocycles. The number of carboxylic acid groups (broad SMARTS) is 1. The molecule has 0 atom stereocenters. The third-order valence-electron chi connectivity index (χ3n) is 2.48. The zero-order valence-corrected chi connectivity index (χ0v) is 10.8. The number of aromatic nitrogens is 1. The number of hydrogen-bond acceptors (Lipinski definition) is 4. The van der Waals surface area contributed by atoms with Crippen LogP contribution in [0.15, 0.2) is 52.4 Å². The molecule has 0 fully saturated rings. The van der Waals surface area contributed by atoms with Gasteiger partial charge in [-0.15, -0.1) is 0 Å². The van der Waals surface area contributed by atoms with Gasteiger partial charge in [0.1, 0.15) is 0 Å². The maximum absolute atomic E-state index is 12.1. The summed E-state index contributed by atoms with van der Waals surface area (Å²) in [7, 11) is -4.16. The minimum atomic E-state index is -4.16. The van der Waals surface area contributed by atoms with Gasteiger partial charge in [0.15, 0.2) is 4.90 Å². The SMILES string of the molecule is O=C(O)c1ccccc1NS(=O)(=O)c1c[nH]ccc1=O. The molecule has 0 amide bonds. The van der Waals surface area contributed by atoms with E-state index in [0.29, 0.717) is 0 Å². The monoisotopic (exact) mass is 294 g/mol. The van der Waals surface area contributed by atoms with Crippen molar-refractivity contribution < 1.29 is 18.3 Å². The molecule has 104 valence electrons. The van der Waals surface area contributed by atoms with Crippen molar-refractivity contribution in [1.29, 1.82) is 0 Å². The lowest BCUT2D eigenvalue weighted by molar-refractivity contribution is 0.0698. The van der Waals surface area contributed by atoms with Crippen LogP contribution in [0.3, 0.4) is 0 Å². The summed E-state index contributed by atoms with van der Waals surface area (Å²) in [5, 5.41) is 8.98. The number of aromatic amines is 1. The van der Waals surface area contributed by atoms with Gasteiger partial charge in [0.25, 0.3) is 10.0 Å². The molecule has 0 saturated heterocycles. The zero-order chi connectivity index (χ0) is 14.8. The number of anilines is 1. The molecule has 0 radical (unpaired) electrons. The molecule has 2 rings (SSSR count). The Morgan fingerprint density at radius 3 is 2.55 bits per heavy atom. The number of sulfonamides is 1. The Labute approximate surface area is 114 Å². The molecule has 2 aromatic rings. The van der Waals surface area contributed by atoms with Gasteiger partial charge < -0.3 is 10.1 Å². The van der Waals surface area contributed by atoms with Crippen molar-refractivity contribution in [2.75, 3.05) is 4.72 Å². The van der Waals surface area contributed by atoms with Gasteiger partial charge in [0.2, 0.25) is 5.43 Å². The second kappa shape index (κ2) is 5.17. The molecule has 0 spiro atoms. The number of carbonyl (C=O) groups is 1. The number of nitrogens with one attached hydrogen (secondary N) is 2. The van der Waals surface area contributed by atoms with Crippen LogP contribution in [0.25, 0.3) is 0 Å². The lowest BCUT2D eigenvalue weighted by Crippen LogP contribution is -2.22. The van der Waals surface area contributed by atoms with Crippen LogP contribution in [0.5, 0.6) is 0 Å². The van der Waals surface area contributed by atoms with Gasteiger partial charge in [-0.25, -0.2) is 13.2 Å². The molecule has 1 aromatic heterocycles. The van der Waals surface area contributed by atoms with Gasteiger partial charge in [-0.2, -0.15) is 0 Å². The van der Waals surface area contributed by atoms with E-state index < -0.39 is 26.3 Å². The van der Waals surface area contributed by atoms with Crippen molar-refractivity contribution in [2.24, 2.45) is 0 Å². The Kier molecular flexibility index (Phi) is 3.57. The molecule has 0 aliphatic heterocycles. The van der Waals surface area contributed by atoms with Crippen molar-refractivity contribution in [1.82, 2.24) is 4.98 Å². The van der Waals surface area contributed by atoms with Crippen molar-refractivity contribution in [2.45, 2.75) is 4.90 Å². The van der Waals surface area contributed by atoms with Crippen LogP contribution in [0, 0.1) is 0 Å². The van der Waals surface area contributed by atoms with Crippen LogP contribution >= 0.6 is 0 Å². The molecule has 0 unspecified atom stereocenters. The number of carboxylic acids is 1. The van der Waals surface area contributed by atoms with Crippen LogP contribution in [-0.2, 0) is 10.0 Å². The van der Waals surface area contributed by atoms with E-state index in [4.69, 9.17) is 5.11 Å². The third-order valence-corrected chi connectivity index (χ3v) is 3.87. The predicted octanol–water partition coefficient (Wildman–Crippen LogP) is 0.874. The molecule has 20 heavy (non-hydrogen) atoms. The first-order chi connectivity index (χ1) is 9.42. The van der Waals surface area contributed by atoms with Crippen molar-refractivity contribution in [3.63, 3.8) is 0 Å². The number of rotatable bonds is 4. The van der Waals surface area contributed by atoms with Gasteiger partial charge in [-0.1, -0.05) is 12.1 Å². The molecular formula is C12H10N2O5S. The minimum Gasteiger partial charge on any atom is -0.478 e. The van der Waals surface area contributed by atoms with Gasteiger partial charge >= 0.3 is 5.97 Å². The van der Waals surface area contributed by atoms with Crippen LogP contribution in [0.2, 0.25) is 0 Å². The first kappa shape index (κ1) is 13.8. The zero-order valence-electron chi connectivity index (χ0n) is 10.0. The quantitative estimate of drug-likeness (QED) is 0.773. The second-order valence-corrected chi connectivity index (χ2v) is 5.48. The second-order valence-electron chi connectivity index (χ2n) is 3.83. The van der Waals surface area contributed by atoms with Gasteiger partial charge in [0, 0.05) is 18.5 Å². The first-order valence-electron chi connectivity index (χ1n) is 5.44. The highest BCUT2D eigenvalue weighted by Crippen LogP contribution is 2.18. The molecular weight excluding hydrogens is 284 g/mol. The van der Waals surface area contributed by atoms with Gasteiger partial charge in [0.05, 0.1) is 11.3 Å². The fraction of sp³-hybridized carbons (Fsp3) is 0. The van der Waals surface area contributed by atoms with Gasteiger partial charge in [-0.05, 0) is 12.1 Å². The summed E-state index contributed by atoms with van der Waals surface area (Å²) in [4.78, 5) is 24.5. The first-order valence-corrected chi connectivity index (χ1v) is 6.92. The van der Waals surface area contributed by atoms with E-state index in [2.05, 4.69) is 9.71 Å². The number of H-pyrrole nitrogens is 1. The standard InChI is InChI=1S/C12H10N2O5S/c15-10-5-6-13-7-11(10)20(18,19)14-9-4-2-1-3-8(9)12(16)17/h1-7,14H,(H,13,15)(H,16,17). The Morgan fingerprint density at radius 1 is 1.20 bits per heavy atom. The average molecular weight is 294 g/mol. The Hall–Kier alpha value is -2.61. The Bertz CT molecular complexity index is 810. The lowest BCUT2D eigenvalue weighted by Gasteiger charge is -2.09. The van der Waals surface area contributed by atoms with E-state index in [0.717, 1.165) is 12.3 Å². The smallest absolute Gasteiger partial charge is 0.337 e. The predicted molar refractivity (Wildman–Crippen MR) is 71.3 cm³/mol. The maximum Gasteiger partial charge on any atom is 0.337 e. The highest BCUT2D eigenvalue weighted by Gasteiger charge is 2.20. The normalized spacial score (nSPS) is 11.0. The molecule has 0 bridgehead atoms. The molecule has 1 aromatic carbocycles. The molecule has 8 heteroatoms. The summed E-state index contributed by atoms with van der Waals surface area (Å²) in [5.41, 5.74) is -1.00. The molecule has 0 aliphatic carbocycles. The van der Waals surface area contributed by atoms with Crippen LogP contribution in [-0.4, -0.2) is 24.5 Å². The van der Waals surface area contributed by atoms with E-state index in [1.54, 1.807) is 0 Å². The Balaban J connectivity index is 2.47. The van der Waals surface area contributed by atoms with Crippen molar-refractivity contribution in [3.05, 3.63) is 58.5 Å². The highest BCUT2D eigenvalue weighted by molar-refractivity contribution is 7.92. The minimum absolute atomic E-state index is 0.108. The summed E-state index contributed by atoms with van der Waals surface area (Å²) < 4.78 is 26.2. The van der Waals surface area contributed by atoms with E-state index in [9.17, 15) is 18.0 Å². The van der Waals surface area contributed by atoms with Crippen molar-refractivity contribution in [3.8, 4) is 0 Å². The number of benzene rings is 1. The molecule has 0 aliphatic rings. The van der Waals surface area contributed by atoms with Crippen LogP contribution in [0.4, 0.5) is 5.69 Å². The largest absolute Gasteiger partial charge is 0.478 e. The number of pyridine rings is 1. The van der Waals surface area contributed by atoms with E-state index in [-0.39, 0.29) is 11.3 Å². The summed E-state index contributed by atoms with van der Waals surface area (Å²) in [6.07, 6.45) is 2.33. The number of para-hydroxylation sites is 1. The molecule has 7 nitrogen and oxygen atoms in total. The van der Waals surface area contributed by atoms with Crippen LogP contribution < -0.4 is 10.2 Å². The summed E-state index contributed by atoms with van der Waals surface area (Å²) in [5.74, 6) is -1.27. The highest BCUT2D eigenvalue weighted by atomic mass is 32.2. The maximum atomic E-state index is 12.1.